The molecule has 0 saturated heterocycles. The molecular formula is C20H24BrIMgO4. The number of hydrogen-bond acceptors (Lipinski definition) is 4. The zero-order valence-corrected chi connectivity index (χ0v) is 21.3. The molecule has 0 aromatic heterocycles. The maximum absolute atomic E-state index is 10.7. The minimum atomic E-state index is 0. The smallest absolute Gasteiger partial charge is 1.00 e. The van der Waals surface area contributed by atoms with E-state index in [4.69, 9.17) is 9.47 Å². The second-order valence-electron chi connectivity index (χ2n) is 5.00. The number of hydrogen-bond donors (Lipinski definition) is 0. The van der Waals surface area contributed by atoms with Crippen LogP contribution in [0.2, 0.25) is 0 Å². The van der Waals surface area contributed by atoms with Gasteiger partial charge in [0.25, 0.3) is 0 Å². The first-order chi connectivity index (χ1) is 11.9. The summed E-state index contributed by atoms with van der Waals surface area (Å²) in [6.45, 7) is 3.16. The van der Waals surface area contributed by atoms with E-state index in [1.54, 1.807) is 28.1 Å². The van der Waals surface area contributed by atoms with Crippen LogP contribution in [0.3, 0.4) is 0 Å². The van der Waals surface area contributed by atoms with Crippen LogP contribution in [-0.4, -0.2) is 53.3 Å². The maximum atomic E-state index is 10.7. The summed E-state index contributed by atoms with van der Waals surface area (Å²) in [7, 11) is 3.27. The van der Waals surface area contributed by atoms with Crippen LogP contribution >= 0.6 is 22.6 Å². The van der Waals surface area contributed by atoms with Crippen molar-refractivity contribution in [3.05, 3.63) is 60.2 Å². The van der Waals surface area contributed by atoms with Crippen LogP contribution in [0.15, 0.2) is 48.5 Å². The summed E-state index contributed by atoms with van der Waals surface area (Å²) in [6, 6.07) is 17.8. The topological polar surface area (TPSA) is 52.6 Å². The predicted molar refractivity (Wildman–Crippen MR) is 115 cm³/mol. The van der Waals surface area contributed by atoms with E-state index in [0.717, 1.165) is 17.1 Å². The number of carbonyl (C=O) groups excluding carboxylic acids is 2. The first-order valence-electron chi connectivity index (χ1n) is 7.60. The standard InChI is InChI=1S/C10H12O2.C7H7O.C3H5IO.BrH.Mg/c1-8(11)7-9-3-5-10(12-2)6-4-9;1-8-7-5-3-2-4-6-7;1-3(5)2-4;;/h3-6H,7H2,1-2H3;3-6H,1H3;2H2,1H3;1H;/q;-1;;;+2/p-1. The fraction of sp³-hybridized carbons (Fsp3) is 0.300. The Balaban J connectivity index is -0.000000337. The largest absolute Gasteiger partial charge is 2.00 e. The summed E-state index contributed by atoms with van der Waals surface area (Å²) in [5, 5.41) is 0. The fourth-order valence-electron chi connectivity index (χ4n) is 1.54. The molecule has 0 aliphatic rings. The van der Waals surface area contributed by atoms with Crippen LogP contribution in [-0.2, 0) is 16.0 Å². The Morgan fingerprint density at radius 3 is 1.59 bits per heavy atom. The number of alkyl halides is 1. The molecule has 0 N–H and O–H groups in total. The third kappa shape index (κ3) is 18.5. The number of rotatable bonds is 5. The number of methoxy groups -OCH3 is 2. The molecule has 2 aromatic rings. The summed E-state index contributed by atoms with van der Waals surface area (Å²) in [5.41, 5.74) is 1.03. The van der Waals surface area contributed by atoms with Gasteiger partial charge in [-0.3, -0.25) is 9.59 Å². The van der Waals surface area contributed by atoms with Gasteiger partial charge in [0.2, 0.25) is 0 Å². The zero-order chi connectivity index (χ0) is 19.1. The number of ether oxygens (including phenoxy) is 2. The van der Waals surface area contributed by atoms with E-state index in [9.17, 15) is 9.59 Å². The molecule has 0 atom stereocenters. The average Bonchev–Trinajstić information content (AvgIpc) is 2.63. The van der Waals surface area contributed by atoms with Gasteiger partial charge in [0.1, 0.15) is 17.3 Å². The number of benzene rings is 2. The number of Topliss-reactive ketones (excluding diaryl/α,β-unsaturated/α-hetero) is 2. The molecule has 2 aromatic carbocycles. The molecular weight excluding hydrogens is 535 g/mol. The molecule has 4 nitrogen and oxygen atoms in total. The zero-order valence-electron chi connectivity index (χ0n) is 16.1. The van der Waals surface area contributed by atoms with Crippen LogP contribution in [0.1, 0.15) is 19.4 Å². The van der Waals surface area contributed by atoms with Gasteiger partial charge >= 0.3 is 23.1 Å². The summed E-state index contributed by atoms with van der Waals surface area (Å²) in [6.07, 6.45) is 0.504. The molecule has 0 spiro atoms. The van der Waals surface area contributed by atoms with Crippen molar-refractivity contribution in [3.8, 4) is 11.5 Å². The second-order valence-corrected chi connectivity index (χ2v) is 5.77. The second kappa shape index (κ2) is 20.1. The third-order valence-corrected chi connectivity index (χ3v) is 3.80. The minimum absolute atomic E-state index is 0. The van der Waals surface area contributed by atoms with E-state index in [0.29, 0.717) is 10.8 Å². The summed E-state index contributed by atoms with van der Waals surface area (Å²) in [5.74, 6) is 2.12. The molecule has 27 heavy (non-hydrogen) atoms. The van der Waals surface area contributed by atoms with Gasteiger partial charge in [-0.1, -0.05) is 34.7 Å². The average molecular weight is 560 g/mol. The molecule has 0 saturated carbocycles. The van der Waals surface area contributed by atoms with E-state index >= 15 is 0 Å². The van der Waals surface area contributed by atoms with E-state index in [1.165, 1.54) is 0 Å². The van der Waals surface area contributed by atoms with Crippen molar-refractivity contribution >= 4 is 57.2 Å². The van der Waals surface area contributed by atoms with E-state index in [2.05, 4.69) is 6.07 Å². The van der Waals surface area contributed by atoms with Gasteiger partial charge in [-0.2, -0.15) is 18.2 Å². The van der Waals surface area contributed by atoms with Crippen molar-refractivity contribution in [1.29, 1.82) is 0 Å². The first-order valence-corrected chi connectivity index (χ1v) is 9.13. The van der Waals surface area contributed by atoms with Crippen molar-refractivity contribution < 1.29 is 36.0 Å². The van der Waals surface area contributed by atoms with Crippen molar-refractivity contribution in [2.45, 2.75) is 20.3 Å². The molecule has 2 rings (SSSR count). The normalized spacial score (nSPS) is 8.19. The van der Waals surface area contributed by atoms with E-state index < -0.39 is 0 Å². The Morgan fingerprint density at radius 2 is 1.30 bits per heavy atom. The van der Waals surface area contributed by atoms with Crippen molar-refractivity contribution in [3.63, 3.8) is 0 Å². The first kappa shape index (κ1) is 31.1. The Labute approximate surface area is 202 Å². The van der Waals surface area contributed by atoms with Crippen LogP contribution < -0.4 is 26.5 Å². The fourth-order valence-corrected chi connectivity index (χ4v) is 1.54. The Kier molecular flexibility index (Phi) is 23.1. The van der Waals surface area contributed by atoms with Gasteiger partial charge in [-0.25, -0.2) is 0 Å². The molecule has 0 heterocycles. The number of ketones is 2. The van der Waals surface area contributed by atoms with Crippen molar-refractivity contribution in [1.82, 2.24) is 0 Å². The molecule has 7 heteroatoms. The molecule has 0 fully saturated rings. The predicted octanol–water partition coefficient (Wildman–Crippen LogP) is 0.956. The Morgan fingerprint density at radius 1 is 0.889 bits per heavy atom. The van der Waals surface area contributed by atoms with Crippen LogP contribution in [0.5, 0.6) is 11.5 Å². The summed E-state index contributed by atoms with van der Waals surface area (Å²) >= 11 is 2.03. The SMILES string of the molecule is CC(=O)CI.COc1cc[c-]cc1.COc1ccc(CC(C)=O)cc1.[Br-].[Mg+2]. The van der Waals surface area contributed by atoms with Gasteiger partial charge in [-0.15, -0.1) is 12.1 Å². The monoisotopic (exact) mass is 558 g/mol. The van der Waals surface area contributed by atoms with E-state index in [1.807, 2.05) is 71.1 Å². The summed E-state index contributed by atoms with van der Waals surface area (Å²) in [4.78, 5) is 20.5. The molecule has 0 aliphatic carbocycles. The molecule has 0 radical (unpaired) electrons. The Hall–Kier alpha value is -0.644. The molecule has 144 valence electrons. The minimum Gasteiger partial charge on any atom is -1.00 e. The number of halogens is 2. The summed E-state index contributed by atoms with van der Waals surface area (Å²) < 4.78 is 10.5. The van der Waals surface area contributed by atoms with Gasteiger partial charge in [0.05, 0.1) is 18.6 Å². The quantitative estimate of drug-likeness (QED) is 0.237. The van der Waals surface area contributed by atoms with Crippen LogP contribution in [0, 0.1) is 6.07 Å². The van der Waals surface area contributed by atoms with Gasteiger partial charge in [0, 0.05) is 12.2 Å². The van der Waals surface area contributed by atoms with Crippen LogP contribution in [0.25, 0.3) is 0 Å². The van der Waals surface area contributed by atoms with Gasteiger partial charge in [-0.05, 0) is 31.5 Å². The number of carbonyl (C=O) groups is 2. The van der Waals surface area contributed by atoms with Gasteiger partial charge < -0.3 is 26.5 Å². The molecule has 0 bridgehead atoms. The Bertz CT molecular complexity index is 622. The molecule has 0 amide bonds. The maximum Gasteiger partial charge on any atom is 2.00 e. The van der Waals surface area contributed by atoms with Crippen LogP contribution in [0.4, 0.5) is 0 Å². The molecule has 0 unspecified atom stereocenters. The van der Waals surface area contributed by atoms with Crippen molar-refractivity contribution in [2.24, 2.45) is 0 Å². The van der Waals surface area contributed by atoms with Crippen molar-refractivity contribution in [2.75, 3.05) is 18.6 Å². The third-order valence-electron chi connectivity index (χ3n) is 2.72. The molecule has 0 aliphatic heterocycles. The van der Waals surface area contributed by atoms with Gasteiger partial charge in [0.15, 0.2) is 0 Å². The van der Waals surface area contributed by atoms with E-state index in [-0.39, 0.29) is 51.6 Å².